The smallest absolute Gasteiger partial charge is 0.0294 e. The maximum atomic E-state index is 3.76. The van der Waals surface area contributed by atoms with Crippen molar-refractivity contribution in [1.29, 1.82) is 0 Å². The van der Waals surface area contributed by atoms with Gasteiger partial charge in [0.05, 0.1) is 0 Å². The molecule has 1 unspecified atom stereocenters. The Labute approximate surface area is 119 Å². The van der Waals surface area contributed by atoms with E-state index in [2.05, 4.69) is 66.0 Å². The van der Waals surface area contributed by atoms with Gasteiger partial charge in [0, 0.05) is 15.7 Å². The molecular weight excluding hydrogens is 321 g/mol. The highest BCUT2D eigenvalue weighted by atomic mass is 127. The zero-order valence-corrected chi connectivity index (χ0v) is 12.9. The minimum atomic E-state index is 0.461. The monoisotopic (exact) mass is 343 g/mol. The van der Waals surface area contributed by atoms with Gasteiger partial charge in [0.2, 0.25) is 0 Å². The molecule has 0 saturated heterocycles. The van der Waals surface area contributed by atoms with Crippen molar-refractivity contribution in [3.63, 3.8) is 0 Å². The van der Waals surface area contributed by atoms with Gasteiger partial charge < -0.3 is 5.32 Å². The lowest BCUT2D eigenvalue weighted by atomic mass is 9.98. The van der Waals surface area contributed by atoms with Crippen LogP contribution >= 0.6 is 22.6 Å². The van der Waals surface area contributed by atoms with Gasteiger partial charge in [-0.2, -0.15) is 0 Å². The van der Waals surface area contributed by atoms with Gasteiger partial charge in [0.25, 0.3) is 0 Å². The summed E-state index contributed by atoms with van der Waals surface area (Å²) in [6, 6.07) is 9.96. The van der Waals surface area contributed by atoms with Gasteiger partial charge in [-0.3, -0.25) is 0 Å². The lowest BCUT2D eigenvalue weighted by Crippen LogP contribution is -2.34. The Morgan fingerprint density at radius 2 is 1.71 bits per heavy atom. The second-order valence-corrected chi connectivity index (χ2v) is 6.52. The molecule has 0 aromatic heterocycles. The van der Waals surface area contributed by atoms with Crippen LogP contribution in [-0.4, -0.2) is 6.04 Å². The first kappa shape index (κ1) is 13.3. The van der Waals surface area contributed by atoms with Crippen LogP contribution in [0.15, 0.2) is 24.3 Å². The van der Waals surface area contributed by atoms with E-state index < -0.39 is 0 Å². The van der Waals surface area contributed by atoms with Gasteiger partial charge in [0.1, 0.15) is 0 Å². The molecule has 2 rings (SSSR count). The van der Waals surface area contributed by atoms with Crippen LogP contribution in [0, 0.1) is 9.49 Å². The molecule has 2 atom stereocenters. The summed E-state index contributed by atoms with van der Waals surface area (Å²) in [5.74, 6) is 0.890. The first-order valence-electron chi connectivity index (χ1n) is 6.68. The molecule has 0 aliphatic heterocycles. The van der Waals surface area contributed by atoms with Crippen LogP contribution in [0.5, 0.6) is 0 Å². The molecule has 0 bridgehead atoms. The van der Waals surface area contributed by atoms with Crippen LogP contribution in [0.3, 0.4) is 0 Å². The van der Waals surface area contributed by atoms with Gasteiger partial charge in [-0.1, -0.05) is 25.0 Å². The highest BCUT2D eigenvalue weighted by molar-refractivity contribution is 14.1. The van der Waals surface area contributed by atoms with Crippen molar-refractivity contribution in [1.82, 2.24) is 5.32 Å². The Morgan fingerprint density at radius 3 is 2.29 bits per heavy atom. The fraction of sp³-hybridized carbons (Fsp3) is 0.600. The topological polar surface area (TPSA) is 12.0 Å². The number of halogens is 1. The molecule has 0 spiro atoms. The van der Waals surface area contributed by atoms with Crippen molar-refractivity contribution in [2.75, 3.05) is 0 Å². The predicted molar refractivity (Wildman–Crippen MR) is 82.1 cm³/mol. The van der Waals surface area contributed by atoms with Gasteiger partial charge in [0.15, 0.2) is 0 Å². The fourth-order valence-corrected chi connectivity index (χ4v) is 3.20. The number of benzene rings is 1. The zero-order valence-electron chi connectivity index (χ0n) is 10.7. The highest BCUT2D eigenvalue weighted by Gasteiger charge is 2.22. The molecule has 1 nitrogen and oxygen atoms in total. The Kier molecular flexibility index (Phi) is 4.86. The van der Waals surface area contributed by atoms with E-state index in [4.69, 9.17) is 0 Å². The summed E-state index contributed by atoms with van der Waals surface area (Å²) < 4.78 is 1.31. The average Bonchev–Trinajstić information content (AvgIpc) is 2.83. The summed E-state index contributed by atoms with van der Waals surface area (Å²) in [4.78, 5) is 0. The van der Waals surface area contributed by atoms with Gasteiger partial charge in [-0.05, 0) is 72.9 Å². The van der Waals surface area contributed by atoms with Gasteiger partial charge in [-0.25, -0.2) is 0 Å². The molecule has 1 N–H and O–H groups in total. The number of nitrogens with one attached hydrogen (secondary N) is 1. The quantitative estimate of drug-likeness (QED) is 0.793. The van der Waals surface area contributed by atoms with Gasteiger partial charge in [-0.15, -0.1) is 0 Å². The summed E-state index contributed by atoms with van der Waals surface area (Å²) >= 11 is 2.36. The van der Waals surface area contributed by atoms with Crippen molar-refractivity contribution in [3.05, 3.63) is 33.4 Å². The molecule has 1 fully saturated rings. The van der Waals surface area contributed by atoms with E-state index in [1.807, 2.05) is 0 Å². The first-order valence-corrected chi connectivity index (χ1v) is 7.76. The second kappa shape index (κ2) is 6.19. The molecule has 0 heterocycles. The van der Waals surface area contributed by atoms with Crippen LogP contribution in [0.4, 0.5) is 0 Å². The van der Waals surface area contributed by atoms with Crippen LogP contribution < -0.4 is 5.32 Å². The van der Waals surface area contributed by atoms with Crippen molar-refractivity contribution in [2.24, 2.45) is 5.92 Å². The van der Waals surface area contributed by atoms with Crippen LogP contribution in [0.2, 0.25) is 0 Å². The standard InChI is InChI=1S/C15H22IN/c1-11(13-5-3-4-6-13)17-12(2)14-7-9-15(16)10-8-14/h7-13,17H,3-6H2,1-2H3/t11-,12?/m1/s1. The van der Waals surface area contributed by atoms with E-state index in [9.17, 15) is 0 Å². The molecule has 1 aromatic rings. The van der Waals surface area contributed by atoms with Crippen molar-refractivity contribution >= 4 is 22.6 Å². The maximum absolute atomic E-state index is 3.76. The Morgan fingerprint density at radius 1 is 1.12 bits per heavy atom. The average molecular weight is 343 g/mol. The Bertz CT molecular complexity index is 340. The first-order chi connectivity index (χ1) is 8.16. The van der Waals surface area contributed by atoms with Crippen molar-refractivity contribution in [3.8, 4) is 0 Å². The van der Waals surface area contributed by atoms with E-state index in [0.717, 1.165) is 5.92 Å². The summed E-state index contributed by atoms with van der Waals surface area (Å²) in [7, 11) is 0. The van der Waals surface area contributed by atoms with E-state index in [1.54, 1.807) is 0 Å². The van der Waals surface area contributed by atoms with Crippen LogP contribution in [-0.2, 0) is 0 Å². The number of hydrogen-bond acceptors (Lipinski definition) is 1. The molecule has 0 radical (unpaired) electrons. The second-order valence-electron chi connectivity index (χ2n) is 5.27. The maximum Gasteiger partial charge on any atom is 0.0294 e. The zero-order chi connectivity index (χ0) is 12.3. The van der Waals surface area contributed by atoms with Gasteiger partial charge >= 0.3 is 0 Å². The lowest BCUT2D eigenvalue weighted by molar-refractivity contribution is 0.352. The summed E-state index contributed by atoms with van der Waals surface area (Å²) in [6.07, 6.45) is 5.67. The number of hydrogen-bond donors (Lipinski definition) is 1. The van der Waals surface area contributed by atoms with E-state index in [1.165, 1.54) is 34.8 Å². The molecule has 1 aliphatic carbocycles. The van der Waals surface area contributed by atoms with Crippen LogP contribution in [0.1, 0.15) is 51.1 Å². The third-order valence-electron chi connectivity index (χ3n) is 3.99. The molecule has 17 heavy (non-hydrogen) atoms. The lowest BCUT2D eigenvalue weighted by Gasteiger charge is -2.25. The summed E-state index contributed by atoms with van der Waals surface area (Å²) in [5, 5.41) is 3.76. The van der Waals surface area contributed by atoms with Crippen molar-refractivity contribution < 1.29 is 0 Å². The summed E-state index contributed by atoms with van der Waals surface area (Å²) in [5.41, 5.74) is 1.40. The molecule has 0 amide bonds. The molecule has 1 saturated carbocycles. The third kappa shape index (κ3) is 3.68. The van der Waals surface area contributed by atoms with Crippen molar-refractivity contribution in [2.45, 2.75) is 51.6 Å². The summed E-state index contributed by atoms with van der Waals surface area (Å²) in [6.45, 7) is 4.62. The van der Waals surface area contributed by atoms with E-state index in [0.29, 0.717) is 12.1 Å². The third-order valence-corrected chi connectivity index (χ3v) is 4.71. The minimum Gasteiger partial charge on any atom is -0.307 e. The molecule has 1 aromatic carbocycles. The minimum absolute atomic E-state index is 0.461. The van der Waals surface area contributed by atoms with E-state index in [-0.39, 0.29) is 0 Å². The molecule has 1 aliphatic rings. The predicted octanol–water partition coefficient (Wildman–Crippen LogP) is 4.52. The molecule has 94 valence electrons. The largest absolute Gasteiger partial charge is 0.307 e. The van der Waals surface area contributed by atoms with Crippen LogP contribution in [0.25, 0.3) is 0 Å². The fourth-order valence-electron chi connectivity index (χ4n) is 2.84. The highest BCUT2D eigenvalue weighted by Crippen LogP contribution is 2.28. The molecular formula is C15H22IN. The number of rotatable bonds is 4. The molecule has 2 heteroatoms. The normalized spacial score (nSPS) is 20.4. The SMILES string of the molecule is CC(N[C@H](C)C1CCCC1)c1ccc(I)cc1. The Hall–Kier alpha value is -0.0900. The van der Waals surface area contributed by atoms with E-state index >= 15 is 0 Å². The Balaban J connectivity index is 1.91.